The second-order valence-electron chi connectivity index (χ2n) is 7.60. The third-order valence-corrected chi connectivity index (χ3v) is 5.26. The molecule has 138 valence electrons. The van der Waals surface area contributed by atoms with Gasteiger partial charge in [0.25, 0.3) is 0 Å². The Labute approximate surface area is 149 Å². The van der Waals surface area contributed by atoms with E-state index in [0.717, 1.165) is 32.0 Å². The second kappa shape index (κ2) is 10.8. The summed E-state index contributed by atoms with van der Waals surface area (Å²) < 4.78 is 0. The highest BCUT2D eigenvalue weighted by Crippen LogP contribution is 2.20. The smallest absolute Gasteiger partial charge is 0.191 e. The number of rotatable bonds is 7. The number of hydrogen-bond donors (Lipinski definition) is 2. The second-order valence-corrected chi connectivity index (χ2v) is 7.60. The lowest BCUT2D eigenvalue weighted by atomic mass is 9.97. The van der Waals surface area contributed by atoms with Crippen LogP contribution in [-0.2, 0) is 0 Å². The van der Waals surface area contributed by atoms with Crippen LogP contribution in [0.1, 0.15) is 65.7 Å². The molecule has 1 saturated heterocycles. The first-order chi connectivity index (χ1) is 11.7. The average molecular weight is 335 g/mol. The van der Waals surface area contributed by atoms with Gasteiger partial charge in [-0.2, -0.15) is 0 Å². The summed E-state index contributed by atoms with van der Waals surface area (Å²) in [6.07, 6.45) is 11.5. The highest BCUT2D eigenvalue weighted by atomic mass is 15.2. The van der Waals surface area contributed by atoms with Gasteiger partial charge in [0.2, 0.25) is 0 Å². The molecule has 1 fully saturated rings. The van der Waals surface area contributed by atoms with Gasteiger partial charge in [0, 0.05) is 32.2 Å². The summed E-state index contributed by atoms with van der Waals surface area (Å²) in [4.78, 5) is 7.46. The topological polar surface area (TPSA) is 39.7 Å². The van der Waals surface area contributed by atoms with Crippen molar-refractivity contribution in [1.29, 1.82) is 0 Å². The van der Waals surface area contributed by atoms with Crippen molar-refractivity contribution in [3.63, 3.8) is 0 Å². The van der Waals surface area contributed by atoms with Crippen LogP contribution in [0.3, 0.4) is 0 Å². The molecule has 1 unspecified atom stereocenters. The fourth-order valence-corrected chi connectivity index (χ4v) is 3.75. The Morgan fingerprint density at radius 3 is 2.88 bits per heavy atom. The van der Waals surface area contributed by atoms with E-state index in [0.29, 0.717) is 12.0 Å². The van der Waals surface area contributed by atoms with Crippen molar-refractivity contribution in [2.24, 2.45) is 10.9 Å². The van der Waals surface area contributed by atoms with E-state index in [2.05, 4.69) is 42.4 Å². The number of likely N-dealkylation sites (tertiary alicyclic amines) is 1. The van der Waals surface area contributed by atoms with Crippen molar-refractivity contribution in [3.8, 4) is 0 Å². The molecule has 4 nitrogen and oxygen atoms in total. The highest BCUT2D eigenvalue weighted by Gasteiger charge is 2.21. The van der Waals surface area contributed by atoms with E-state index in [4.69, 9.17) is 4.99 Å². The van der Waals surface area contributed by atoms with E-state index in [1.165, 1.54) is 51.6 Å². The summed E-state index contributed by atoms with van der Waals surface area (Å²) >= 11 is 0. The van der Waals surface area contributed by atoms with Crippen molar-refractivity contribution in [3.05, 3.63) is 11.6 Å². The number of guanidine groups is 1. The van der Waals surface area contributed by atoms with Crippen LogP contribution in [0.2, 0.25) is 0 Å². The molecule has 0 amide bonds. The molecule has 4 heteroatoms. The number of aliphatic imine (C=N–C) groups is 1. The Bertz CT molecular complexity index is 414. The molecule has 1 aliphatic heterocycles. The molecule has 1 aliphatic carbocycles. The standard InChI is InChI=1S/C20H38N4/c1-4-21-20(22-13-12-18-9-6-5-7-10-18)23-15-19-11-8-14-24(16-19)17(2)3/h9,17,19H,4-8,10-16H2,1-3H3,(H2,21,22,23). The van der Waals surface area contributed by atoms with Crippen LogP contribution in [-0.4, -0.2) is 49.6 Å². The van der Waals surface area contributed by atoms with Gasteiger partial charge in [0.15, 0.2) is 5.96 Å². The largest absolute Gasteiger partial charge is 0.357 e. The molecule has 2 N–H and O–H groups in total. The Morgan fingerprint density at radius 1 is 1.29 bits per heavy atom. The predicted octanol–water partition coefficient (Wildman–Crippen LogP) is 3.55. The number of piperidine rings is 1. The Balaban J connectivity index is 1.76. The maximum atomic E-state index is 4.86. The zero-order valence-corrected chi connectivity index (χ0v) is 16.1. The number of nitrogens with zero attached hydrogens (tertiary/aromatic N) is 2. The quantitative estimate of drug-likeness (QED) is 0.425. The summed E-state index contributed by atoms with van der Waals surface area (Å²) in [5.41, 5.74) is 1.63. The first-order valence-electron chi connectivity index (χ1n) is 10.1. The van der Waals surface area contributed by atoms with Gasteiger partial charge in [0.1, 0.15) is 0 Å². The number of hydrogen-bond acceptors (Lipinski definition) is 2. The number of nitrogens with one attached hydrogen (secondary N) is 2. The molecule has 0 saturated carbocycles. The van der Waals surface area contributed by atoms with Crippen molar-refractivity contribution in [2.75, 3.05) is 32.7 Å². The summed E-state index contributed by atoms with van der Waals surface area (Å²) in [6.45, 7) is 12.1. The molecule has 1 heterocycles. The zero-order chi connectivity index (χ0) is 17.2. The molecular formula is C20H38N4. The van der Waals surface area contributed by atoms with Gasteiger partial charge in [-0.15, -0.1) is 0 Å². The fraction of sp³-hybridized carbons (Fsp3) is 0.850. The Morgan fingerprint density at radius 2 is 2.17 bits per heavy atom. The molecule has 1 atom stereocenters. The van der Waals surface area contributed by atoms with Crippen molar-refractivity contribution >= 4 is 5.96 Å². The van der Waals surface area contributed by atoms with E-state index in [1.54, 1.807) is 5.57 Å². The lowest BCUT2D eigenvalue weighted by Gasteiger charge is -2.34. The van der Waals surface area contributed by atoms with Crippen molar-refractivity contribution in [2.45, 2.75) is 71.8 Å². The first-order valence-corrected chi connectivity index (χ1v) is 10.1. The normalized spacial score (nSPS) is 23.2. The maximum absolute atomic E-state index is 4.86. The van der Waals surface area contributed by atoms with Gasteiger partial charge in [-0.1, -0.05) is 11.6 Å². The third-order valence-electron chi connectivity index (χ3n) is 5.26. The molecular weight excluding hydrogens is 296 g/mol. The van der Waals surface area contributed by atoms with Crippen molar-refractivity contribution in [1.82, 2.24) is 15.5 Å². The van der Waals surface area contributed by atoms with Crippen LogP contribution in [0.15, 0.2) is 16.6 Å². The van der Waals surface area contributed by atoms with Crippen LogP contribution >= 0.6 is 0 Å². The molecule has 0 aromatic heterocycles. The fourth-order valence-electron chi connectivity index (χ4n) is 3.75. The third kappa shape index (κ3) is 6.84. The zero-order valence-electron chi connectivity index (χ0n) is 16.1. The molecule has 0 radical (unpaired) electrons. The van der Waals surface area contributed by atoms with E-state index in [1.807, 2.05) is 0 Å². The molecule has 24 heavy (non-hydrogen) atoms. The average Bonchev–Trinajstić information content (AvgIpc) is 2.61. The lowest BCUT2D eigenvalue weighted by Crippen LogP contribution is -2.42. The highest BCUT2D eigenvalue weighted by molar-refractivity contribution is 5.79. The minimum absolute atomic E-state index is 0.659. The molecule has 0 aromatic rings. The van der Waals surface area contributed by atoms with Gasteiger partial charge >= 0.3 is 0 Å². The van der Waals surface area contributed by atoms with Gasteiger partial charge in [-0.3, -0.25) is 4.99 Å². The summed E-state index contributed by atoms with van der Waals surface area (Å²) in [5, 5.41) is 6.93. The van der Waals surface area contributed by atoms with E-state index in [-0.39, 0.29) is 0 Å². The van der Waals surface area contributed by atoms with Crippen molar-refractivity contribution < 1.29 is 0 Å². The Kier molecular flexibility index (Phi) is 8.65. The monoisotopic (exact) mass is 334 g/mol. The van der Waals surface area contributed by atoms with Crippen LogP contribution in [0.5, 0.6) is 0 Å². The first kappa shape index (κ1) is 19.3. The van der Waals surface area contributed by atoms with Crippen LogP contribution in [0, 0.1) is 5.92 Å². The van der Waals surface area contributed by atoms with E-state index < -0.39 is 0 Å². The summed E-state index contributed by atoms with van der Waals surface area (Å²) in [6, 6.07) is 0.659. The molecule has 0 aromatic carbocycles. The molecule has 0 spiro atoms. The maximum Gasteiger partial charge on any atom is 0.191 e. The van der Waals surface area contributed by atoms with Gasteiger partial charge < -0.3 is 15.5 Å². The van der Waals surface area contributed by atoms with E-state index in [9.17, 15) is 0 Å². The van der Waals surface area contributed by atoms with Crippen LogP contribution in [0.4, 0.5) is 0 Å². The summed E-state index contributed by atoms with van der Waals surface area (Å²) in [7, 11) is 0. The molecule has 2 rings (SSSR count). The van der Waals surface area contributed by atoms with Crippen LogP contribution < -0.4 is 10.6 Å². The molecule has 0 bridgehead atoms. The minimum Gasteiger partial charge on any atom is -0.357 e. The van der Waals surface area contributed by atoms with E-state index >= 15 is 0 Å². The molecule has 2 aliphatic rings. The SMILES string of the molecule is CCNC(=NCC1CCCN(C(C)C)C1)NCCC1=CCCCC1. The number of allylic oxidation sites excluding steroid dienone is 1. The van der Waals surface area contributed by atoms with Gasteiger partial charge in [-0.25, -0.2) is 0 Å². The van der Waals surface area contributed by atoms with Crippen LogP contribution in [0.25, 0.3) is 0 Å². The van der Waals surface area contributed by atoms with Gasteiger partial charge in [-0.05, 0) is 78.2 Å². The lowest BCUT2D eigenvalue weighted by molar-refractivity contribution is 0.143. The van der Waals surface area contributed by atoms with Gasteiger partial charge in [0.05, 0.1) is 0 Å². The minimum atomic E-state index is 0.659. The summed E-state index contributed by atoms with van der Waals surface area (Å²) in [5.74, 6) is 1.70. The predicted molar refractivity (Wildman–Crippen MR) is 105 cm³/mol. The Hall–Kier alpha value is -1.03.